The first kappa shape index (κ1) is 27.1. The van der Waals surface area contributed by atoms with Crippen molar-refractivity contribution < 1.29 is 23.9 Å². The molecule has 1 fully saturated rings. The van der Waals surface area contributed by atoms with E-state index in [0.29, 0.717) is 19.3 Å². The molecule has 0 N–H and O–H groups in total. The van der Waals surface area contributed by atoms with Crippen LogP contribution >= 0.6 is 0 Å². The van der Waals surface area contributed by atoms with Gasteiger partial charge in [-0.2, -0.15) is 0 Å². The molecular formula is C35H32O5. The van der Waals surface area contributed by atoms with Crippen molar-refractivity contribution in [3.8, 4) is 0 Å². The lowest BCUT2D eigenvalue weighted by atomic mass is 9.79. The summed E-state index contributed by atoms with van der Waals surface area (Å²) in [5.41, 5.74) is 3.17. The molecule has 202 valence electrons. The molecular weight excluding hydrogens is 500 g/mol. The summed E-state index contributed by atoms with van der Waals surface area (Å²) >= 11 is 0. The Hall–Kier alpha value is -4.51. The highest BCUT2D eigenvalue weighted by Gasteiger charge is 2.42. The lowest BCUT2D eigenvalue weighted by Crippen LogP contribution is -2.38. The van der Waals surface area contributed by atoms with Crippen LogP contribution in [-0.4, -0.2) is 17.7 Å². The van der Waals surface area contributed by atoms with Crippen LogP contribution in [0, 0.1) is 11.8 Å². The number of Topliss-reactive ketones (excluding diaryl/α,β-unsaturated/α-hetero) is 1. The summed E-state index contributed by atoms with van der Waals surface area (Å²) in [5.74, 6) is -3.02. The number of carbonyl (C=O) groups excluding carboxylic acids is 3. The van der Waals surface area contributed by atoms with Gasteiger partial charge >= 0.3 is 11.9 Å². The van der Waals surface area contributed by atoms with Crippen LogP contribution in [0.25, 0.3) is 0 Å². The third kappa shape index (κ3) is 6.55. The molecule has 0 aromatic heterocycles. The first-order chi connectivity index (χ1) is 19.6. The summed E-state index contributed by atoms with van der Waals surface area (Å²) in [5, 5.41) is 0. The van der Waals surface area contributed by atoms with E-state index in [1.165, 1.54) is 0 Å². The van der Waals surface area contributed by atoms with Crippen LogP contribution in [-0.2, 0) is 23.9 Å². The Morgan fingerprint density at radius 1 is 0.575 bits per heavy atom. The van der Waals surface area contributed by atoms with E-state index in [1.54, 1.807) is 0 Å². The predicted octanol–water partition coefficient (Wildman–Crippen LogP) is 7.03. The van der Waals surface area contributed by atoms with Crippen LogP contribution in [0.15, 0.2) is 121 Å². The summed E-state index contributed by atoms with van der Waals surface area (Å²) in [6, 6.07) is 37.8. The molecule has 4 aromatic rings. The van der Waals surface area contributed by atoms with Gasteiger partial charge in [0.1, 0.15) is 5.78 Å². The van der Waals surface area contributed by atoms with Crippen molar-refractivity contribution in [1.82, 2.24) is 0 Å². The van der Waals surface area contributed by atoms with Gasteiger partial charge in [0.15, 0.2) is 18.1 Å². The number of hydrogen-bond donors (Lipinski definition) is 0. The largest absolute Gasteiger partial charge is 0.452 e. The van der Waals surface area contributed by atoms with Crippen LogP contribution in [0.2, 0.25) is 0 Å². The van der Waals surface area contributed by atoms with Gasteiger partial charge in [0.2, 0.25) is 0 Å². The Morgan fingerprint density at radius 2 is 0.925 bits per heavy atom. The van der Waals surface area contributed by atoms with E-state index in [9.17, 15) is 14.4 Å². The second kappa shape index (κ2) is 13.0. The Labute approximate surface area is 234 Å². The standard InChI is InChI=1S/C35H32O5/c36-30-23-13-22-29(24-30)31(34(37)39-32(25-14-5-1-6-15-25)26-16-7-2-8-17-26)35(38)40-33(27-18-9-3-10-19-27)28-20-11-4-12-21-28/h1-12,14-21,29,31-33H,13,22-24H2. The molecule has 5 rings (SSSR count). The van der Waals surface area contributed by atoms with Crippen molar-refractivity contribution >= 4 is 17.7 Å². The topological polar surface area (TPSA) is 69.7 Å². The van der Waals surface area contributed by atoms with Crippen LogP contribution in [0.3, 0.4) is 0 Å². The van der Waals surface area contributed by atoms with Crippen LogP contribution in [0.4, 0.5) is 0 Å². The Kier molecular flexibility index (Phi) is 8.82. The molecule has 0 saturated heterocycles. The fourth-order valence-corrected chi connectivity index (χ4v) is 5.37. The minimum absolute atomic E-state index is 0.0483. The number of carbonyl (C=O) groups is 3. The molecule has 5 nitrogen and oxygen atoms in total. The second-order valence-electron chi connectivity index (χ2n) is 10.1. The third-order valence-electron chi connectivity index (χ3n) is 7.38. The third-order valence-corrected chi connectivity index (χ3v) is 7.38. The quantitative estimate of drug-likeness (QED) is 0.171. The maximum absolute atomic E-state index is 14.0. The Balaban J connectivity index is 1.47. The summed E-state index contributed by atoms with van der Waals surface area (Å²) in [6.45, 7) is 0. The zero-order valence-corrected chi connectivity index (χ0v) is 22.2. The summed E-state index contributed by atoms with van der Waals surface area (Å²) < 4.78 is 12.3. The second-order valence-corrected chi connectivity index (χ2v) is 10.1. The average Bonchev–Trinajstić information content (AvgIpc) is 3.00. The number of ketones is 1. The van der Waals surface area contributed by atoms with Crippen molar-refractivity contribution in [2.24, 2.45) is 11.8 Å². The number of esters is 2. The van der Waals surface area contributed by atoms with Gasteiger partial charge in [-0.25, -0.2) is 0 Å². The van der Waals surface area contributed by atoms with Gasteiger partial charge in [-0.3, -0.25) is 14.4 Å². The van der Waals surface area contributed by atoms with E-state index < -0.39 is 36.0 Å². The van der Waals surface area contributed by atoms with Crippen molar-refractivity contribution in [3.05, 3.63) is 144 Å². The molecule has 4 aromatic carbocycles. The van der Waals surface area contributed by atoms with E-state index in [-0.39, 0.29) is 12.2 Å². The maximum atomic E-state index is 14.0. The van der Waals surface area contributed by atoms with Gasteiger partial charge in [-0.05, 0) is 41.0 Å². The fraction of sp³-hybridized carbons (Fsp3) is 0.229. The molecule has 1 aliphatic carbocycles. The molecule has 0 aliphatic heterocycles. The monoisotopic (exact) mass is 532 g/mol. The summed E-state index contributed by atoms with van der Waals surface area (Å²) in [6.07, 6.45) is 0.399. The molecule has 1 unspecified atom stereocenters. The predicted molar refractivity (Wildman–Crippen MR) is 152 cm³/mol. The molecule has 1 aliphatic rings. The molecule has 0 heterocycles. The average molecular weight is 533 g/mol. The minimum atomic E-state index is -1.23. The van der Waals surface area contributed by atoms with E-state index >= 15 is 0 Å². The van der Waals surface area contributed by atoms with Crippen molar-refractivity contribution in [3.63, 3.8) is 0 Å². The molecule has 40 heavy (non-hydrogen) atoms. The molecule has 0 spiro atoms. The Morgan fingerprint density at radius 3 is 1.25 bits per heavy atom. The molecule has 0 radical (unpaired) electrons. The van der Waals surface area contributed by atoms with E-state index in [1.807, 2.05) is 121 Å². The van der Waals surface area contributed by atoms with E-state index in [2.05, 4.69) is 0 Å². The molecule has 0 bridgehead atoms. The van der Waals surface area contributed by atoms with Crippen molar-refractivity contribution in [2.75, 3.05) is 0 Å². The first-order valence-electron chi connectivity index (χ1n) is 13.7. The lowest BCUT2D eigenvalue weighted by molar-refractivity contribution is -0.170. The van der Waals surface area contributed by atoms with E-state index in [4.69, 9.17) is 9.47 Å². The van der Waals surface area contributed by atoms with Crippen LogP contribution in [0.5, 0.6) is 0 Å². The highest BCUT2D eigenvalue weighted by molar-refractivity contribution is 5.96. The van der Waals surface area contributed by atoms with Gasteiger partial charge < -0.3 is 9.47 Å². The summed E-state index contributed by atoms with van der Waals surface area (Å²) in [4.78, 5) is 40.4. The van der Waals surface area contributed by atoms with E-state index in [0.717, 1.165) is 22.3 Å². The number of benzene rings is 4. The van der Waals surface area contributed by atoms with Gasteiger partial charge in [0.25, 0.3) is 0 Å². The highest BCUT2D eigenvalue weighted by atomic mass is 16.6. The maximum Gasteiger partial charge on any atom is 0.321 e. The van der Waals surface area contributed by atoms with Crippen molar-refractivity contribution in [2.45, 2.75) is 37.9 Å². The van der Waals surface area contributed by atoms with Crippen molar-refractivity contribution in [1.29, 1.82) is 0 Å². The smallest absolute Gasteiger partial charge is 0.321 e. The van der Waals surface area contributed by atoms with Crippen LogP contribution in [0.1, 0.15) is 60.1 Å². The van der Waals surface area contributed by atoms with Crippen LogP contribution < -0.4 is 0 Å². The molecule has 1 atom stereocenters. The van der Waals surface area contributed by atoms with Gasteiger partial charge in [-0.1, -0.05) is 121 Å². The minimum Gasteiger partial charge on any atom is -0.452 e. The molecule has 5 heteroatoms. The normalized spacial score (nSPS) is 15.3. The molecule has 0 amide bonds. The number of hydrogen-bond acceptors (Lipinski definition) is 5. The van der Waals surface area contributed by atoms with Gasteiger partial charge in [0, 0.05) is 12.8 Å². The lowest BCUT2D eigenvalue weighted by Gasteiger charge is -2.30. The van der Waals surface area contributed by atoms with Gasteiger partial charge in [0.05, 0.1) is 0 Å². The summed E-state index contributed by atoms with van der Waals surface area (Å²) in [7, 11) is 0. The number of rotatable bonds is 9. The Bertz CT molecular complexity index is 1230. The first-order valence-corrected chi connectivity index (χ1v) is 13.7. The highest BCUT2D eigenvalue weighted by Crippen LogP contribution is 2.35. The fourth-order valence-electron chi connectivity index (χ4n) is 5.37. The zero-order valence-electron chi connectivity index (χ0n) is 22.2. The van der Waals surface area contributed by atoms with Gasteiger partial charge in [-0.15, -0.1) is 0 Å². The molecule has 1 saturated carbocycles. The SMILES string of the molecule is O=C1CCCC(C(C(=O)OC(c2ccccc2)c2ccccc2)C(=O)OC(c2ccccc2)c2ccccc2)C1. The number of ether oxygens (including phenoxy) is 2. The zero-order chi connectivity index (χ0) is 27.7.